The van der Waals surface area contributed by atoms with E-state index in [4.69, 9.17) is 4.98 Å². The Balaban J connectivity index is 1.39. The van der Waals surface area contributed by atoms with E-state index in [1.165, 1.54) is 16.6 Å². The summed E-state index contributed by atoms with van der Waals surface area (Å²) in [6, 6.07) is 24.2. The zero-order valence-corrected chi connectivity index (χ0v) is 21.0. The van der Waals surface area contributed by atoms with Crippen LogP contribution in [0.2, 0.25) is 0 Å². The van der Waals surface area contributed by atoms with Gasteiger partial charge in [-0.3, -0.25) is 19.1 Å². The predicted octanol–water partition coefficient (Wildman–Crippen LogP) is 5.00. The lowest BCUT2D eigenvalue weighted by molar-refractivity contribution is -0.122. The van der Waals surface area contributed by atoms with Crippen molar-refractivity contribution in [1.29, 1.82) is 0 Å². The van der Waals surface area contributed by atoms with Gasteiger partial charge >= 0.3 is 0 Å². The number of rotatable bonds is 7. The molecule has 4 aromatic rings. The molecule has 1 saturated heterocycles. The van der Waals surface area contributed by atoms with Gasteiger partial charge in [-0.1, -0.05) is 67.4 Å². The minimum Gasteiger partial charge on any atom is -0.352 e. The first-order chi connectivity index (χ1) is 18.1. The molecule has 37 heavy (non-hydrogen) atoms. The Hall–Kier alpha value is -3.77. The second kappa shape index (κ2) is 10.3. The van der Waals surface area contributed by atoms with Gasteiger partial charge in [0.1, 0.15) is 12.4 Å². The molecule has 1 amide bonds. The summed E-state index contributed by atoms with van der Waals surface area (Å²) in [7, 11) is 0. The molecule has 0 atom stereocenters. The van der Waals surface area contributed by atoms with Crippen LogP contribution in [0.4, 0.5) is 0 Å². The van der Waals surface area contributed by atoms with Crippen LogP contribution in [0.25, 0.3) is 33.4 Å². The third-order valence-electron chi connectivity index (χ3n) is 7.62. The maximum absolute atomic E-state index is 13.9. The molecular weight excluding hydrogens is 460 g/mol. The molecule has 3 aromatic carbocycles. The molecule has 0 unspecified atom stereocenters. The van der Waals surface area contributed by atoms with Crippen molar-refractivity contribution < 1.29 is 4.79 Å². The SMILES string of the molecule is O=C(Cn1c(-c2ccccc2)nc2ccc(-c3cccc(CN4CCC4)c3)cc2c1=O)NC1CCCC1. The monoisotopic (exact) mass is 492 g/mol. The van der Waals surface area contributed by atoms with E-state index in [9.17, 15) is 9.59 Å². The molecule has 6 heteroatoms. The highest BCUT2D eigenvalue weighted by atomic mass is 16.2. The average molecular weight is 493 g/mol. The minimum absolute atomic E-state index is 0.0436. The van der Waals surface area contributed by atoms with Crippen LogP contribution in [0.15, 0.2) is 77.6 Å². The summed E-state index contributed by atoms with van der Waals surface area (Å²) < 4.78 is 1.53. The second-order valence-electron chi connectivity index (χ2n) is 10.3. The Labute approximate surface area is 217 Å². The van der Waals surface area contributed by atoms with Crippen LogP contribution in [0.5, 0.6) is 0 Å². The van der Waals surface area contributed by atoms with Gasteiger partial charge in [-0.2, -0.15) is 0 Å². The summed E-state index contributed by atoms with van der Waals surface area (Å²) >= 11 is 0. The number of hydrogen-bond acceptors (Lipinski definition) is 4. The molecule has 1 N–H and O–H groups in total. The summed E-state index contributed by atoms with van der Waals surface area (Å²) in [5.74, 6) is 0.381. The number of carbonyl (C=O) groups is 1. The van der Waals surface area contributed by atoms with Gasteiger partial charge in [0.2, 0.25) is 5.91 Å². The Kier molecular flexibility index (Phi) is 6.58. The largest absolute Gasteiger partial charge is 0.352 e. The second-order valence-corrected chi connectivity index (χ2v) is 10.3. The summed E-state index contributed by atoms with van der Waals surface area (Å²) in [6.45, 7) is 3.22. The highest BCUT2D eigenvalue weighted by molar-refractivity contribution is 5.86. The molecule has 1 saturated carbocycles. The summed E-state index contributed by atoms with van der Waals surface area (Å²) in [5, 5.41) is 3.65. The van der Waals surface area contributed by atoms with Crippen LogP contribution in [-0.4, -0.2) is 39.5 Å². The molecule has 6 rings (SSSR count). The molecule has 1 aliphatic carbocycles. The molecule has 2 heterocycles. The number of hydrogen-bond donors (Lipinski definition) is 1. The highest BCUT2D eigenvalue weighted by Crippen LogP contribution is 2.26. The van der Waals surface area contributed by atoms with Gasteiger partial charge in [0, 0.05) is 18.2 Å². The van der Waals surface area contributed by atoms with E-state index < -0.39 is 0 Å². The third-order valence-corrected chi connectivity index (χ3v) is 7.62. The molecule has 0 spiro atoms. The van der Waals surface area contributed by atoms with Gasteiger partial charge in [-0.15, -0.1) is 0 Å². The van der Waals surface area contributed by atoms with Crippen molar-refractivity contribution in [3.05, 3.63) is 88.7 Å². The van der Waals surface area contributed by atoms with Gasteiger partial charge < -0.3 is 5.32 Å². The molecule has 6 nitrogen and oxygen atoms in total. The summed E-state index contributed by atoms with van der Waals surface area (Å²) in [6.07, 6.45) is 5.55. The van der Waals surface area contributed by atoms with Crippen LogP contribution in [0.3, 0.4) is 0 Å². The molecule has 0 radical (unpaired) electrons. The lowest BCUT2D eigenvalue weighted by Gasteiger charge is -2.30. The molecular formula is C31H32N4O2. The van der Waals surface area contributed by atoms with Crippen molar-refractivity contribution in [2.45, 2.75) is 51.2 Å². The van der Waals surface area contributed by atoms with E-state index in [1.807, 2.05) is 48.5 Å². The maximum atomic E-state index is 13.9. The Morgan fingerprint density at radius 1 is 0.865 bits per heavy atom. The maximum Gasteiger partial charge on any atom is 0.262 e. The van der Waals surface area contributed by atoms with Gasteiger partial charge in [0.25, 0.3) is 5.56 Å². The van der Waals surface area contributed by atoms with Gasteiger partial charge in [-0.05, 0) is 67.2 Å². The third kappa shape index (κ3) is 5.07. The number of likely N-dealkylation sites (tertiary alicyclic amines) is 1. The first-order valence-electron chi connectivity index (χ1n) is 13.3. The van der Waals surface area contributed by atoms with Crippen LogP contribution >= 0.6 is 0 Å². The first kappa shape index (κ1) is 23.6. The molecule has 1 aromatic heterocycles. The number of nitrogens with zero attached hydrogens (tertiary/aromatic N) is 3. The topological polar surface area (TPSA) is 67.2 Å². The Bertz CT molecular complexity index is 1480. The van der Waals surface area contributed by atoms with E-state index in [-0.39, 0.29) is 24.1 Å². The molecule has 2 fully saturated rings. The van der Waals surface area contributed by atoms with Crippen molar-refractivity contribution in [2.24, 2.45) is 0 Å². The number of fused-ring (bicyclic) bond motifs is 1. The zero-order chi connectivity index (χ0) is 25.2. The molecule has 0 bridgehead atoms. The fourth-order valence-corrected chi connectivity index (χ4v) is 5.49. The summed E-state index contributed by atoms with van der Waals surface area (Å²) in [5.41, 5.74) is 4.60. The lowest BCUT2D eigenvalue weighted by atomic mass is 10.0. The number of benzene rings is 3. The van der Waals surface area contributed by atoms with Crippen molar-refractivity contribution in [3.8, 4) is 22.5 Å². The highest BCUT2D eigenvalue weighted by Gasteiger charge is 2.20. The smallest absolute Gasteiger partial charge is 0.262 e. The van der Waals surface area contributed by atoms with Crippen molar-refractivity contribution >= 4 is 16.8 Å². The van der Waals surface area contributed by atoms with Gasteiger partial charge in [-0.25, -0.2) is 4.98 Å². The van der Waals surface area contributed by atoms with E-state index in [1.54, 1.807) is 0 Å². The van der Waals surface area contributed by atoms with E-state index >= 15 is 0 Å². The number of carbonyl (C=O) groups excluding carboxylic acids is 1. The van der Waals surface area contributed by atoms with Crippen LogP contribution in [0.1, 0.15) is 37.7 Å². The van der Waals surface area contributed by atoms with Crippen LogP contribution in [0, 0.1) is 0 Å². The predicted molar refractivity (Wildman–Crippen MR) is 147 cm³/mol. The van der Waals surface area contributed by atoms with E-state index in [0.717, 1.165) is 62.0 Å². The van der Waals surface area contributed by atoms with Crippen molar-refractivity contribution in [3.63, 3.8) is 0 Å². The molecule has 188 valence electrons. The lowest BCUT2D eigenvalue weighted by Crippen LogP contribution is -2.38. The standard InChI is InChI=1S/C31H32N4O2/c36-29(32-26-12-4-5-13-26)21-35-30(23-9-2-1-3-10-23)33-28-15-14-25(19-27(28)31(35)37)24-11-6-8-22(18-24)20-34-16-7-17-34/h1-3,6,8-11,14-15,18-19,26H,4-5,7,12-13,16-17,20-21H2,(H,32,36). The van der Waals surface area contributed by atoms with Crippen LogP contribution in [-0.2, 0) is 17.9 Å². The fraction of sp³-hybridized carbons (Fsp3) is 0.323. The Morgan fingerprint density at radius 3 is 2.38 bits per heavy atom. The Morgan fingerprint density at radius 2 is 1.62 bits per heavy atom. The quantitative estimate of drug-likeness (QED) is 0.395. The number of aromatic nitrogens is 2. The first-order valence-corrected chi connectivity index (χ1v) is 13.3. The van der Waals surface area contributed by atoms with E-state index in [2.05, 4.69) is 34.5 Å². The van der Waals surface area contributed by atoms with Crippen LogP contribution < -0.4 is 10.9 Å². The van der Waals surface area contributed by atoms with E-state index in [0.29, 0.717) is 16.7 Å². The normalized spacial score (nSPS) is 16.1. The van der Waals surface area contributed by atoms with Gasteiger partial charge in [0.05, 0.1) is 10.9 Å². The van der Waals surface area contributed by atoms with Gasteiger partial charge in [0.15, 0.2) is 0 Å². The summed E-state index contributed by atoms with van der Waals surface area (Å²) in [4.78, 5) is 34.2. The minimum atomic E-state index is -0.191. The van der Waals surface area contributed by atoms with Crippen molar-refractivity contribution in [2.75, 3.05) is 13.1 Å². The number of nitrogens with one attached hydrogen (secondary N) is 1. The average Bonchev–Trinajstić information content (AvgIpc) is 3.41. The molecule has 2 aliphatic rings. The molecule has 1 aliphatic heterocycles. The zero-order valence-electron chi connectivity index (χ0n) is 21.0. The van der Waals surface area contributed by atoms with Crippen molar-refractivity contribution in [1.82, 2.24) is 19.8 Å². The fourth-order valence-electron chi connectivity index (χ4n) is 5.49. The number of amides is 1.